The molecule has 182 valence electrons. The first-order chi connectivity index (χ1) is 15.8. The predicted octanol–water partition coefficient (Wildman–Crippen LogP) is 0.935. The molecule has 0 saturated heterocycles. The summed E-state index contributed by atoms with van der Waals surface area (Å²) in [5, 5.41) is 55.6. The zero-order valence-corrected chi connectivity index (χ0v) is 19.1. The van der Waals surface area contributed by atoms with Gasteiger partial charge in [0.25, 0.3) is 5.91 Å². The molecule has 4 atom stereocenters. The second-order valence-electron chi connectivity index (χ2n) is 9.23. The summed E-state index contributed by atoms with van der Waals surface area (Å²) in [5.74, 6) is -7.67. The zero-order chi connectivity index (χ0) is 25.3. The molecule has 1 aromatic rings. The lowest BCUT2D eigenvalue weighted by molar-refractivity contribution is -0.152. The van der Waals surface area contributed by atoms with Crippen molar-refractivity contribution in [1.82, 2.24) is 0 Å². The Hall–Kier alpha value is -3.37. The van der Waals surface area contributed by atoms with Gasteiger partial charge in [-0.25, -0.2) is 0 Å². The number of benzene rings is 1. The van der Waals surface area contributed by atoms with Crippen molar-refractivity contribution in [3.8, 4) is 5.75 Å². The van der Waals surface area contributed by atoms with Crippen LogP contribution in [0.1, 0.15) is 44.7 Å². The van der Waals surface area contributed by atoms with E-state index in [1.165, 1.54) is 13.0 Å². The van der Waals surface area contributed by atoms with Crippen LogP contribution in [-0.2, 0) is 20.0 Å². The van der Waals surface area contributed by atoms with Crippen LogP contribution in [0.25, 0.3) is 5.76 Å². The summed E-state index contributed by atoms with van der Waals surface area (Å²) >= 11 is 0. The number of nitrogens with two attached hydrogens (primary N) is 1. The SMILES string of the molecule is CCN(CC)c1ccc(O)c2c1C(C)(O)[C@H]1C[C@H]3CC(=O)C(C(N)=O)=C(O)[C@@]3(O)C(=O)C1=C2O. The third kappa shape index (κ3) is 2.85. The number of carbonyl (C=O) groups is 3. The lowest BCUT2D eigenvalue weighted by Gasteiger charge is -2.50. The van der Waals surface area contributed by atoms with E-state index in [9.17, 15) is 39.9 Å². The summed E-state index contributed by atoms with van der Waals surface area (Å²) in [4.78, 5) is 39.8. The smallest absolute Gasteiger partial charge is 0.255 e. The van der Waals surface area contributed by atoms with Crippen molar-refractivity contribution in [2.24, 2.45) is 17.6 Å². The van der Waals surface area contributed by atoms with Gasteiger partial charge in [0.15, 0.2) is 11.4 Å². The van der Waals surface area contributed by atoms with Crippen molar-refractivity contribution in [1.29, 1.82) is 0 Å². The van der Waals surface area contributed by atoms with Gasteiger partial charge in [-0.05, 0) is 39.3 Å². The average Bonchev–Trinajstić information content (AvgIpc) is 2.75. The molecule has 1 aromatic carbocycles. The number of anilines is 1. The minimum atomic E-state index is -2.68. The average molecular weight is 472 g/mol. The zero-order valence-electron chi connectivity index (χ0n) is 19.1. The molecular formula is C24H28N2O8. The number of rotatable bonds is 4. The normalized spacial score (nSPS) is 30.6. The summed E-state index contributed by atoms with van der Waals surface area (Å²) in [7, 11) is 0. The van der Waals surface area contributed by atoms with Gasteiger partial charge in [0.05, 0.1) is 11.2 Å². The highest BCUT2D eigenvalue weighted by Crippen LogP contribution is 2.58. The van der Waals surface area contributed by atoms with Crippen molar-refractivity contribution in [3.63, 3.8) is 0 Å². The molecule has 1 amide bonds. The molecule has 10 heteroatoms. The van der Waals surface area contributed by atoms with Crippen molar-refractivity contribution >= 4 is 28.9 Å². The van der Waals surface area contributed by atoms with Crippen molar-refractivity contribution < 1.29 is 39.9 Å². The molecule has 1 saturated carbocycles. The molecule has 10 nitrogen and oxygen atoms in total. The van der Waals surface area contributed by atoms with E-state index in [1.807, 2.05) is 18.7 Å². The molecule has 0 aromatic heterocycles. The summed E-state index contributed by atoms with van der Waals surface area (Å²) in [6, 6.07) is 2.96. The number of aromatic hydroxyl groups is 1. The summed E-state index contributed by atoms with van der Waals surface area (Å²) in [6.45, 7) is 6.39. The molecule has 3 aliphatic carbocycles. The molecule has 4 rings (SSSR count). The van der Waals surface area contributed by atoms with E-state index in [4.69, 9.17) is 5.73 Å². The fraction of sp³-hybridized carbons (Fsp3) is 0.458. The number of aliphatic hydroxyl groups is 4. The van der Waals surface area contributed by atoms with Crippen LogP contribution in [0, 0.1) is 11.8 Å². The molecule has 34 heavy (non-hydrogen) atoms. The minimum absolute atomic E-state index is 0.151. The van der Waals surface area contributed by atoms with E-state index in [0.717, 1.165) is 0 Å². The predicted molar refractivity (Wildman–Crippen MR) is 121 cm³/mol. The molecule has 0 radical (unpaired) electrons. The number of carbonyl (C=O) groups excluding carboxylic acids is 3. The Balaban J connectivity index is 2.02. The summed E-state index contributed by atoms with van der Waals surface area (Å²) < 4.78 is 0. The number of nitrogens with zero attached hydrogens (tertiary/aromatic N) is 1. The van der Waals surface area contributed by atoms with Gasteiger partial charge < -0.3 is 36.2 Å². The number of fused-ring (bicyclic) bond motifs is 3. The van der Waals surface area contributed by atoms with Crippen LogP contribution in [-0.4, -0.2) is 61.7 Å². The Morgan fingerprint density at radius 3 is 2.32 bits per heavy atom. The number of hydrogen-bond acceptors (Lipinski definition) is 9. The van der Waals surface area contributed by atoms with E-state index in [2.05, 4.69) is 0 Å². The molecule has 0 spiro atoms. The van der Waals surface area contributed by atoms with Crippen LogP contribution >= 0.6 is 0 Å². The lowest BCUT2D eigenvalue weighted by atomic mass is 9.55. The van der Waals surface area contributed by atoms with E-state index < -0.39 is 69.6 Å². The fourth-order valence-electron chi connectivity index (χ4n) is 5.81. The van der Waals surface area contributed by atoms with E-state index in [1.54, 1.807) is 6.07 Å². The van der Waals surface area contributed by atoms with Crippen LogP contribution in [0.4, 0.5) is 5.69 Å². The summed E-state index contributed by atoms with van der Waals surface area (Å²) in [5.41, 5.74) is 0.0848. The Labute approximate surface area is 195 Å². The Kier molecular flexibility index (Phi) is 5.30. The van der Waals surface area contributed by atoms with Gasteiger partial charge in [0.2, 0.25) is 5.78 Å². The number of aliphatic hydroxyl groups excluding tert-OH is 2. The van der Waals surface area contributed by atoms with Gasteiger partial charge in [-0.15, -0.1) is 0 Å². The minimum Gasteiger partial charge on any atom is -0.508 e. The maximum Gasteiger partial charge on any atom is 0.255 e. The third-order valence-corrected chi connectivity index (χ3v) is 7.55. The topological polar surface area (TPSA) is 182 Å². The first-order valence-electron chi connectivity index (χ1n) is 11.1. The van der Waals surface area contributed by atoms with Crippen molar-refractivity contribution in [2.75, 3.05) is 18.0 Å². The number of phenols is 1. The largest absolute Gasteiger partial charge is 0.508 e. The van der Waals surface area contributed by atoms with Crippen LogP contribution in [0.5, 0.6) is 5.75 Å². The molecule has 0 aliphatic heterocycles. The van der Waals surface area contributed by atoms with Crippen molar-refractivity contribution in [2.45, 2.75) is 44.8 Å². The van der Waals surface area contributed by atoms with E-state index in [0.29, 0.717) is 18.8 Å². The number of primary amides is 1. The van der Waals surface area contributed by atoms with Gasteiger partial charge >= 0.3 is 0 Å². The highest BCUT2D eigenvalue weighted by molar-refractivity contribution is 6.22. The van der Waals surface area contributed by atoms with Crippen LogP contribution in [0.3, 0.4) is 0 Å². The maximum atomic E-state index is 13.6. The molecule has 1 unspecified atom stereocenters. The fourth-order valence-corrected chi connectivity index (χ4v) is 5.81. The van der Waals surface area contributed by atoms with Gasteiger partial charge in [-0.1, -0.05) is 0 Å². The number of ketones is 2. The first-order valence-corrected chi connectivity index (χ1v) is 11.1. The highest BCUT2D eigenvalue weighted by atomic mass is 16.3. The molecular weight excluding hydrogens is 444 g/mol. The van der Waals surface area contributed by atoms with E-state index >= 15 is 0 Å². The van der Waals surface area contributed by atoms with Crippen LogP contribution in [0.2, 0.25) is 0 Å². The number of hydrogen-bond donors (Lipinski definition) is 6. The Bertz CT molecular complexity index is 1190. The van der Waals surface area contributed by atoms with Crippen molar-refractivity contribution in [3.05, 3.63) is 40.2 Å². The third-order valence-electron chi connectivity index (χ3n) is 7.55. The molecule has 0 heterocycles. The monoisotopic (exact) mass is 472 g/mol. The summed E-state index contributed by atoms with van der Waals surface area (Å²) in [6.07, 6.45) is -0.621. The standard InChI is InChI=1S/C24H28N2O8/c1-4-26(5-2)12-6-7-13(27)16-18(12)23(3,33)11-8-10-9-14(28)17(22(25)32)21(31)24(10,34)20(30)15(11)19(16)29/h6-7,10-11,27,29,31,33-34H,4-5,8-9H2,1-3H3,(H2,25,32)/t10-,11-,23?,24-/m0/s1. The molecule has 3 aliphatic rings. The van der Waals surface area contributed by atoms with Gasteiger partial charge in [0.1, 0.15) is 22.8 Å². The second kappa shape index (κ2) is 7.57. The maximum absolute atomic E-state index is 13.6. The Morgan fingerprint density at radius 1 is 1.15 bits per heavy atom. The van der Waals surface area contributed by atoms with Crippen LogP contribution in [0.15, 0.2) is 29.0 Å². The Morgan fingerprint density at radius 2 is 1.76 bits per heavy atom. The molecule has 1 fully saturated rings. The highest BCUT2D eigenvalue weighted by Gasteiger charge is 2.63. The quantitative estimate of drug-likeness (QED) is 0.347. The first kappa shape index (κ1) is 23.8. The van der Waals surface area contributed by atoms with Crippen LogP contribution < -0.4 is 10.6 Å². The van der Waals surface area contributed by atoms with Gasteiger partial charge in [-0.3, -0.25) is 14.4 Å². The lowest BCUT2D eigenvalue weighted by Crippen LogP contribution is -2.60. The number of Topliss-reactive ketones (excluding diaryl/α,β-unsaturated/α-hetero) is 2. The van der Waals surface area contributed by atoms with Gasteiger partial charge in [0, 0.05) is 48.2 Å². The van der Waals surface area contributed by atoms with E-state index in [-0.39, 0.29) is 23.3 Å². The second-order valence-corrected chi connectivity index (χ2v) is 9.23. The number of amides is 1. The number of phenolic OH excluding ortho intramolecular Hbond substituents is 1. The van der Waals surface area contributed by atoms with Gasteiger partial charge in [-0.2, -0.15) is 0 Å². The molecule has 7 N–H and O–H groups in total. The molecule has 0 bridgehead atoms.